The Balaban J connectivity index is 2.01. The van der Waals surface area contributed by atoms with Crippen LogP contribution >= 0.6 is 0 Å². The minimum atomic E-state index is -1.07. The number of aryl methyl sites for hydroxylation is 1. The molecule has 5 heteroatoms. The summed E-state index contributed by atoms with van der Waals surface area (Å²) in [5, 5.41) is 19.0. The minimum Gasteiger partial charge on any atom is -0.478 e. The summed E-state index contributed by atoms with van der Waals surface area (Å²) >= 11 is 0. The zero-order valence-corrected chi connectivity index (χ0v) is 13.4. The highest BCUT2D eigenvalue weighted by molar-refractivity contribution is 5.99. The van der Waals surface area contributed by atoms with Gasteiger partial charge in [0, 0.05) is 18.7 Å². The van der Waals surface area contributed by atoms with E-state index >= 15 is 0 Å². The summed E-state index contributed by atoms with van der Waals surface area (Å²) in [6.45, 7) is 2.75. The van der Waals surface area contributed by atoms with Gasteiger partial charge in [-0.05, 0) is 42.7 Å². The first-order valence-electron chi connectivity index (χ1n) is 7.87. The van der Waals surface area contributed by atoms with Crippen LogP contribution in [-0.2, 0) is 0 Å². The van der Waals surface area contributed by atoms with Crippen LogP contribution in [-0.4, -0.2) is 46.2 Å². The molecule has 1 heterocycles. The number of amides is 1. The fourth-order valence-electron chi connectivity index (χ4n) is 2.90. The second-order valence-corrected chi connectivity index (χ2v) is 6.16. The van der Waals surface area contributed by atoms with Crippen LogP contribution in [0, 0.1) is 6.92 Å². The number of aromatic carboxylic acids is 1. The number of carboxylic acids is 1. The van der Waals surface area contributed by atoms with Gasteiger partial charge in [0.25, 0.3) is 5.91 Å². The summed E-state index contributed by atoms with van der Waals surface area (Å²) in [4.78, 5) is 25.6. The lowest BCUT2D eigenvalue weighted by atomic mass is 9.98. The highest BCUT2D eigenvalue weighted by atomic mass is 16.4. The molecular weight excluding hydrogens is 306 g/mol. The summed E-state index contributed by atoms with van der Waals surface area (Å²) in [5.41, 5.74) is 3.07. The molecule has 0 radical (unpaired) electrons. The van der Waals surface area contributed by atoms with Gasteiger partial charge in [-0.25, -0.2) is 4.79 Å². The quantitative estimate of drug-likeness (QED) is 0.909. The summed E-state index contributed by atoms with van der Waals surface area (Å²) in [5.74, 6) is -1.32. The Morgan fingerprint density at radius 2 is 1.71 bits per heavy atom. The molecule has 1 aliphatic heterocycles. The number of carbonyl (C=O) groups excluding carboxylic acids is 1. The Kier molecular flexibility index (Phi) is 4.36. The molecule has 0 unspecified atom stereocenters. The van der Waals surface area contributed by atoms with Crippen molar-refractivity contribution in [2.75, 3.05) is 13.1 Å². The number of likely N-dealkylation sites (tertiary alicyclic amines) is 1. The molecule has 24 heavy (non-hydrogen) atoms. The smallest absolute Gasteiger partial charge is 0.335 e. The fourth-order valence-corrected chi connectivity index (χ4v) is 2.90. The molecule has 1 aliphatic rings. The van der Waals surface area contributed by atoms with E-state index in [0.29, 0.717) is 24.1 Å². The Hall–Kier alpha value is -2.66. The van der Waals surface area contributed by atoms with E-state index in [-0.39, 0.29) is 18.0 Å². The first-order valence-corrected chi connectivity index (χ1v) is 7.87. The molecule has 1 atom stereocenters. The standard InChI is InChI=1S/C19H19NO4/c1-12-2-4-13(5-3-12)14-8-15(10-16(9-14)19(23)24)18(22)20-7-6-17(21)11-20/h2-5,8-10,17,21H,6-7,11H2,1H3,(H,23,24)/t17-/m1/s1. The molecule has 1 amide bonds. The van der Waals surface area contributed by atoms with Crippen LogP contribution in [0.5, 0.6) is 0 Å². The molecular formula is C19H19NO4. The number of β-amino-alcohol motifs (C(OH)–C–C–N with tert-alkyl or cyclic N) is 1. The number of nitrogens with zero attached hydrogens (tertiary/aromatic N) is 1. The van der Waals surface area contributed by atoms with E-state index in [0.717, 1.165) is 11.1 Å². The molecule has 2 N–H and O–H groups in total. The van der Waals surface area contributed by atoms with Gasteiger partial charge in [0.15, 0.2) is 0 Å². The number of hydrogen-bond acceptors (Lipinski definition) is 3. The monoisotopic (exact) mass is 325 g/mol. The molecule has 3 rings (SSSR count). The average molecular weight is 325 g/mol. The van der Waals surface area contributed by atoms with Gasteiger partial charge < -0.3 is 15.1 Å². The van der Waals surface area contributed by atoms with Gasteiger partial charge >= 0.3 is 5.97 Å². The zero-order valence-electron chi connectivity index (χ0n) is 13.4. The van der Waals surface area contributed by atoms with Crippen molar-refractivity contribution in [1.82, 2.24) is 4.90 Å². The molecule has 1 saturated heterocycles. The molecule has 2 aromatic carbocycles. The number of benzene rings is 2. The summed E-state index contributed by atoms with van der Waals surface area (Å²) in [6, 6.07) is 12.4. The van der Waals surface area contributed by atoms with Crippen molar-refractivity contribution in [2.45, 2.75) is 19.4 Å². The van der Waals surface area contributed by atoms with Crippen LogP contribution < -0.4 is 0 Å². The maximum atomic E-state index is 12.6. The molecule has 0 spiro atoms. The highest BCUT2D eigenvalue weighted by Gasteiger charge is 2.26. The molecule has 0 aliphatic carbocycles. The van der Waals surface area contributed by atoms with E-state index in [1.54, 1.807) is 17.0 Å². The van der Waals surface area contributed by atoms with Crippen LogP contribution in [0.1, 0.15) is 32.7 Å². The highest BCUT2D eigenvalue weighted by Crippen LogP contribution is 2.25. The SMILES string of the molecule is Cc1ccc(-c2cc(C(=O)O)cc(C(=O)N3CC[C@@H](O)C3)c2)cc1. The third kappa shape index (κ3) is 3.31. The average Bonchev–Trinajstić information content (AvgIpc) is 3.01. The second kappa shape index (κ2) is 6.45. The van der Waals surface area contributed by atoms with Crippen molar-refractivity contribution in [3.63, 3.8) is 0 Å². The van der Waals surface area contributed by atoms with E-state index < -0.39 is 12.1 Å². The maximum Gasteiger partial charge on any atom is 0.335 e. The van der Waals surface area contributed by atoms with Gasteiger partial charge in [-0.3, -0.25) is 4.79 Å². The summed E-state index contributed by atoms with van der Waals surface area (Å²) in [6.07, 6.45) is 0.0445. The Bertz CT molecular complexity index is 782. The zero-order chi connectivity index (χ0) is 17.3. The lowest BCUT2D eigenvalue weighted by Gasteiger charge is -2.16. The Labute approximate surface area is 140 Å². The summed E-state index contributed by atoms with van der Waals surface area (Å²) in [7, 11) is 0. The van der Waals surface area contributed by atoms with E-state index in [2.05, 4.69) is 0 Å². The lowest BCUT2D eigenvalue weighted by Crippen LogP contribution is -2.29. The van der Waals surface area contributed by atoms with Crippen molar-refractivity contribution in [1.29, 1.82) is 0 Å². The molecule has 0 bridgehead atoms. The largest absolute Gasteiger partial charge is 0.478 e. The van der Waals surface area contributed by atoms with Crippen LogP contribution in [0.3, 0.4) is 0 Å². The molecule has 0 aromatic heterocycles. The summed E-state index contributed by atoms with van der Waals surface area (Å²) < 4.78 is 0. The van der Waals surface area contributed by atoms with E-state index in [1.807, 2.05) is 31.2 Å². The van der Waals surface area contributed by atoms with E-state index in [9.17, 15) is 19.8 Å². The minimum absolute atomic E-state index is 0.0798. The molecule has 0 saturated carbocycles. The van der Waals surface area contributed by atoms with E-state index in [4.69, 9.17) is 0 Å². The lowest BCUT2D eigenvalue weighted by molar-refractivity contribution is 0.0697. The van der Waals surface area contributed by atoms with Gasteiger partial charge in [-0.15, -0.1) is 0 Å². The fraction of sp³-hybridized carbons (Fsp3) is 0.263. The van der Waals surface area contributed by atoms with Gasteiger partial charge in [0.1, 0.15) is 0 Å². The van der Waals surface area contributed by atoms with Crippen LogP contribution in [0.15, 0.2) is 42.5 Å². The van der Waals surface area contributed by atoms with Gasteiger partial charge in [0.05, 0.1) is 11.7 Å². The van der Waals surface area contributed by atoms with Crippen LogP contribution in [0.25, 0.3) is 11.1 Å². The Morgan fingerprint density at radius 3 is 2.29 bits per heavy atom. The predicted molar refractivity (Wildman–Crippen MR) is 90.1 cm³/mol. The van der Waals surface area contributed by atoms with Crippen LogP contribution in [0.4, 0.5) is 0 Å². The molecule has 2 aromatic rings. The van der Waals surface area contributed by atoms with Gasteiger partial charge in [-0.1, -0.05) is 29.8 Å². The number of aliphatic hydroxyl groups excluding tert-OH is 1. The molecule has 5 nitrogen and oxygen atoms in total. The second-order valence-electron chi connectivity index (χ2n) is 6.16. The van der Waals surface area contributed by atoms with E-state index in [1.165, 1.54) is 6.07 Å². The number of carboxylic acid groups (broad SMARTS) is 1. The topological polar surface area (TPSA) is 77.8 Å². The molecule has 124 valence electrons. The van der Waals surface area contributed by atoms with Crippen molar-refractivity contribution in [3.8, 4) is 11.1 Å². The third-order valence-corrected chi connectivity index (χ3v) is 4.26. The number of aliphatic hydroxyl groups is 1. The molecule has 1 fully saturated rings. The number of carbonyl (C=O) groups is 2. The number of hydrogen-bond donors (Lipinski definition) is 2. The van der Waals surface area contributed by atoms with Crippen LogP contribution in [0.2, 0.25) is 0 Å². The van der Waals surface area contributed by atoms with Gasteiger partial charge in [-0.2, -0.15) is 0 Å². The first-order chi connectivity index (χ1) is 11.4. The maximum absolute atomic E-state index is 12.6. The van der Waals surface area contributed by atoms with Crippen molar-refractivity contribution in [3.05, 3.63) is 59.2 Å². The van der Waals surface area contributed by atoms with Crippen molar-refractivity contribution < 1.29 is 19.8 Å². The van der Waals surface area contributed by atoms with Crippen molar-refractivity contribution >= 4 is 11.9 Å². The Morgan fingerprint density at radius 1 is 1.04 bits per heavy atom. The first kappa shape index (κ1) is 16.2. The third-order valence-electron chi connectivity index (χ3n) is 4.26. The van der Waals surface area contributed by atoms with Crippen molar-refractivity contribution in [2.24, 2.45) is 0 Å². The number of rotatable bonds is 3. The van der Waals surface area contributed by atoms with Gasteiger partial charge in [0.2, 0.25) is 0 Å². The predicted octanol–water partition coefficient (Wildman–Crippen LogP) is 2.57. The normalized spacial score (nSPS) is 17.1.